The van der Waals surface area contributed by atoms with Crippen LogP contribution in [0.3, 0.4) is 0 Å². The highest BCUT2D eigenvalue weighted by molar-refractivity contribution is 7.80. The highest BCUT2D eigenvalue weighted by atomic mass is 32.1. The molecule has 2 N–H and O–H groups in total. The van der Waals surface area contributed by atoms with Gasteiger partial charge in [0.25, 0.3) is 0 Å². The summed E-state index contributed by atoms with van der Waals surface area (Å²) < 4.78 is 11.0. The summed E-state index contributed by atoms with van der Waals surface area (Å²) in [6, 6.07) is 5.82. The van der Waals surface area contributed by atoms with Gasteiger partial charge >= 0.3 is 0 Å². The fourth-order valence-corrected chi connectivity index (χ4v) is 2.37. The Kier molecular flexibility index (Phi) is 9.02. The van der Waals surface area contributed by atoms with Gasteiger partial charge in [0.05, 0.1) is 19.3 Å². The van der Waals surface area contributed by atoms with Crippen LogP contribution >= 0.6 is 12.2 Å². The van der Waals surface area contributed by atoms with Gasteiger partial charge in [0.2, 0.25) is 0 Å². The minimum absolute atomic E-state index is 0.353. The molecule has 0 atom stereocenters. The van der Waals surface area contributed by atoms with E-state index in [0.29, 0.717) is 17.3 Å². The Morgan fingerprint density at radius 2 is 1.86 bits per heavy atom. The number of unbranched alkanes of at least 4 members (excludes halogenated alkanes) is 5. The van der Waals surface area contributed by atoms with Crippen molar-refractivity contribution in [3.8, 4) is 5.75 Å². The number of nitrogens with two attached hydrogens (primary N) is 1. The average Bonchev–Trinajstić information content (AvgIpc) is 2.49. The van der Waals surface area contributed by atoms with Gasteiger partial charge in [-0.15, -0.1) is 0 Å². The second-order valence-electron chi connectivity index (χ2n) is 5.22. The zero-order valence-corrected chi connectivity index (χ0v) is 14.0. The molecular weight excluding hydrogens is 282 g/mol. The summed E-state index contributed by atoms with van der Waals surface area (Å²) in [6.45, 7) is 3.65. The Morgan fingerprint density at radius 1 is 1.14 bits per heavy atom. The topological polar surface area (TPSA) is 44.5 Å². The van der Waals surface area contributed by atoms with E-state index in [-0.39, 0.29) is 0 Å². The summed E-state index contributed by atoms with van der Waals surface area (Å²) in [5.74, 6) is 0.711. The van der Waals surface area contributed by atoms with E-state index in [9.17, 15) is 0 Å². The zero-order valence-electron chi connectivity index (χ0n) is 13.2. The molecule has 0 spiro atoms. The lowest BCUT2D eigenvalue weighted by Crippen LogP contribution is -2.11. The van der Waals surface area contributed by atoms with Crippen molar-refractivity contribution < 1.29 is 9.47 Å². The lowest BCUT2D eigenvalue weighted by Gasteiger charge is -2.10. The Balaban J connectivity index is 2.28. The first-order valence-electron chi connectivity index (χ1n) is 7.73. The Morgan fingerprint density at radius 3 is 2.52 bits per heavy atom. The molecule has 1 aromatic carbocycles. The van der Waals surface area contributed by atoms with Crippen LogP contribution in [0.15, 0.2) is 18.2 Å². The van der Waals surface area contributed by atoms with Gasteiger partial charge in [-0.2, -0.15) is 0 Å². The Labute approximate surface area is 133 Å². The van der Waals surface area contributed by atoms with Gasteiger partial charge in [-0.1, -0.05) is 57.3 Å². The third-order valence-corrected chi connectivity index (χ3v) is 3.66. The molecule has 118 valence electrons. The second-order valence-corrected chi connectivity index (χ2v) is 5.66. The van der Waals surface area contributed by atoms with Crippen molar-refractivity contribution in [1.82, 2.24) is 0 Å². The van der Waals surface area contributed by atoms with E-state index in [0.717, 1.165) is 24.2 Å². The number of ether oxygens (including phenoxy) is 2. The number of rotatable bonds is 11. The zero-order chi connectivity index (χ0) is 15.5. The van der Waals surface area contributed by atoms with Gasteiger partial charge < -0.3 is 15.2 Å². The second kappa shape index (κ2) is 10.6. The molecule has 0 radical (unpaired) electrons. The highest BCUT2D eigenvalue weighted by Gasteiger charge is 2.06. The number of hydrogen-bond donors (Lipinski definition) is 1. The van der Waals surface area contributed by atoms with Crippen LogP contribution in [0.2, 0.25) is 0 Å². The maximum atomic E-state index is 5.71. The summed E-state index contributed by atoms with van der Waals surface area (Å²) in [5, 5.41) is 0. The lowest BCUT2D eigenvalue weighted by molar-refractivity contribution is 0.116. The molecule has 0 bridgehead atoms. The Bertz CT molecular complexity index is 435. The average molecular weight is 309 g/mol. The molecule has 4 heteroatoms. The Hall–Kier alpha value is -1.13. The minimum atomic E-state index is 0.353. The summed E-state index contributed by atoms with van der Waals surface area (Å²) in [5.41, 5.74) is 7.50. The first-order valence-corrected chi connectivity index (χ1v) is 8.14. The van der Waals surface area contributed by atoms with Crippen molar-refractivity contribution in [2.45, 2.75) is 52.1 Å². The van der Waals surface area contributed by atoms with Gasteiger partial charge in [0.15, 0.2) is 0 Å². The molecule has 0 saturated heterocycles. The van der Waals surface area contributed by atoms with Crippen molar-refractivity contribution in [3.63, 3.8) is 0 Å². The van der Waals surface area contributed by atoms with Crippen molar-refractivity contribution in [2.24, 2.45) is 5.73 Å². The molecule has 0 fully saturated rings. The third-order valence-electron chi connectivity index (χ3n) is 3.44. The number of methoxy groups -OCH3 is 1. The monoisotopic (exact) mass is 309 g/mol. The molecule has 0 heterocycles. The summed E-state index contributed by atoms with van der Waals surface area (Å²) >= 11 is 4.99. The van der Waals surface area contributed by atoms with Crippen molar-refractivity contribution in [2.75, 3.05) is 13.7 Å². The van der Waals surface area contributed by atoms with E-state index < -0.39 is 0 Å². The minimum Gasteiger partial charge on any atom is -0.496 e. The van der Waals surface area contributed by atoms with E-state index >= 15 is 0 Å². The largest absolute Gasteiger partial charge is 0.496 e. The van der Waals surface area contributed by atoms with Gasteiger partial charge in [-0.3, -0.25) is 0 Å². The number of hydrogen-bond acceptors (Lipinski definition) is 3. The van der Waals surface area contributed by atoms with Gasteiger partial charge in [-0.05, 0) is 24.1 Å². The molecule has 0 aliphatic rings. The van der Waals surface area contributed by atoms with Crippen LogP contribution in [0.5, 0.6) is 5.75 Å². The van der Waals surface area contributed by atoms with E-state index in [1.807, 2.05) is 18.2 Å². The van der Waals surface area contributed by atoms with Crippen LogP contribution in [0.1, 0.15) is 56.6 Å². The molecular formula is C17H27NO2S. The van der Waals surface area contributed by atoms with Gasteiger partial charge in [-0.25, -0.2) is 0 Å². The third kappa shape index (κ3) is 6.91. The molecule has 1 aromatic rings. The maximum absolute atomic E-state index is 5.71. The highest BCUT2D eigenvalue weighted by Crippen LogP contribution is 2.20. The molecule has 0 unspecified atom stereocenters. The molecule has 1 rings (SSSR count). The normalized spacial score (nSPS) is 10.6. The predicted molar refractivity (Wildman–Crippen MR) is 91.9 cm³/mol. The molecule has 0 aliphatic carbocycles. The summed E-state index contributed by atoms with van der Waals surface area (Å²) in [7, 11) is 1.62. The smallest absolute Gasteiger partial charge is 0.129 e. The summed E-state index contributed by atoms with van der Waals surface area (Å²) in [4.78, 5) is 0.353. The van der Waals surface area contributed by atoms with Crippen LogP contribution in [-0.4, -0.2) is 18.7 Å². The van der Waals surface area contributed by atoms with Crippen molar-refractivity contribution in [1.29, 1.82) is 0 Å². The van der Waals surface area contributed by atoms with Crippen LogP contribution < -0.4 is 10.5 Å². The first kappa shape index (κ1) is 17.9. The van der Waals surface area contributed by atoms with E-state index in [1.165, 1.54) is 32.1 Å². The van der Waals surface area contributed by atoms with E-state index in [2.05, 4.69) is 6.92 Å². The summed E-state index contributed by atoms with van der Waals surface area (Å²) in [6.07, 6.45) is 7.67. The SMILES string of the molecule is CCCCCCCCOCc1ccc(C(N)=S)c(OC)c1. The van der Waals surface area contributed by atoms with Crippen LogP contribution in [0.4, 0.5) is 0 Å². The van der Waals surface area contributed by atoms with Crippen LogP contribution in [0.25, 0.3) is 0 Å². The van der Waals surface area contributed by atoms with Crippen LogP contribution in [-0.2, 0) is 11.3 Å². The molecule has 0 aromatic heterocycles. The first-order chi connectivity index (χ1) is 10.2. The molecule has 21 heavy (non-hydrogen) atoms. The predicted octanol–water partition coefficient (Wildman–Crippen LogP) is 4.21. The van der Waals surface area contributed by atoms with Gasteiger partial charge in [0.1, 0.15) is 10.7 Å². The number of thiocarbonyl (C=S) groups is 1. The molecule has 0 saturated carbocycles. The fraction of sp³-hybridized carbons (Fsp3) is 0.588. The molecule has 0 amide bonds. The van der Waals surface area contributed by atoms with Gasteiger partial charge in [0, 0.05) is 6.61 Å². The van der Waals surface area contributed by atoms with Crippen LogP contribution in [0, 0.1) is 0 Å². The van der Waals surface area contributed by atoms with Crippen molar-refractivity contribution >= 4 is 17.2 Å². The molecule has 3 nitrogen and oxygen atoms in total. The lowest BCUT2D eigenvalue weighted by atomic mass is 10.1. The fourth-order valence-electron chi connectivity index (χ4n) is 2.20. The maximum Gasteiger partial charge on any atom is 0.129 e. The number of benzene rings is 1. The molecule has 0 aliphatic heterocycles. The van der Waals surface area contributed by atoms with Crippen molar-refractivity contribution in [3.05, 3.63) is 29.3 Å². The van der Waals surface area contributed by atoms with E-state index in [1.54, 1.807) is 7.11 Å². The quantitative estimate of drug-likeness (QED) is 0.491. The van der Waals surface area contributed by atoms with E-state index in [4.69, 9.17) is 27.4 Å². The standard InChI is InChI=1S/C17H27NO2S/c1-3-4-5-6-7-8-11-20-13-14-9-10-15(17(18)21)16(12-14)19-2/h9-10,12H,3-8,11,13H2,1-2H3,(H2,18,21).